The Kier molecular flexibility index (Phi) is 4.42. The smallest absolute Gasteiger partial charge is 0.124 e. The first-order valence-corrected chi connectivity index (χ1v) is 7.82. The van der Waals surface area contributed by atoms with Crippen LogP contribution in [0.5, 0.6) is 5.75 Å². The van der Waals surface area contributed by atoms with Crippen LogP contribution < -0.4 is 15.8 Å². The second-order valence-corrected chi connectivity index (χ2v) is 5.88. The molecule has 1 fully saturated rings. The Morgan fingerprint density at radius 3 is 2.76 bits per heavy atom. The summed E-state index contributed by atoms with van der Waals surface area (Å²) in [7, 11) is 1.73. The molecule has 0 aromatic heterocycles. The largest absolute Gasteiger partial charge is 0.496 e. The Balaban J connectivity index is 1.90. The van der Waals surface area contributed by atoms with Gasteiger partial charge in [-0.05, 0) is 35.7 Å². The third-order valence-corrected chi connectivity index (χ3v) is 4.38. The van der Waals surface area contributed by atoms with Gasteiger partial charge in [-0.15, -0.1) is 0 Å². The maximum absolute atomic E-state index is 6.03. The fourth-order valence-corrected chi connectivity index (χ4v) is 2.98. The molecule has 0 saturated heterocycles. The maximum Gasteiger partial charge on any atom is 0.124 e. The molecule has 112 valence electrons. The van der Waals surface area contributed by atoms with Gasteiger partial charge in [-0.25, -0.2) is 0 Å². The summed E-state index contributed by atoms with van der Waals surface area (Å²) in [6.45, 7) is 1.61. The molecule has 0 amide bonds. The molecule has 2 aromatic rings. The van der Waals surface area contributed by atoms with Crippen LogP contribution >= 0.6 is 0 Å². The molecule has 3 nitrogen and oxygen atoms in total. The molecule has 3 N–H and O–H groups in total. The molecule has 0 aliphatic heterocycles. The van der Waals surface area contributed by atoms with Crippen LogP contribution in [0.3, 0.4) is 0 Å². The van der Waals surface area contributed by atoms with E-state index in [9.17, 15) is 0 Å². The van der Waals surface area contributed by atoms with Crippen LogP contribution in [0.25, 0.3) is 10.8 Å². The number of methoxy groups -OCH3 is 1. The highest BCUT2D eigenvalue weighted by Gasteiger charge is 2.22. The highest BCUT2D eigenvalue weighted by molar-refractivity contribution is 5.88. The van der Waals surface area contributed by atoms with E-state index >= 15 is 0 Å². The van der Waals surface area contributed by atoms with E-state index in [1.165, 1.54) is 35.6 Å². The van der Waals surface area contributed by atoms with Crippen molar-refractivity contribution in [3.63, 3.8) is 0 Å². The summed E-state index contributed by atoms with van der Waals surface area (Å²) >= 11 is 0. The standard InChI is InChI=1S/C18H24N2O/c1-21-17-9-8-14-4-2-3-5-15(14)18(17)16(12-19)20-11-10-13-6-7-13/h2-5,8-9,13,16,20H,6-7,10-12,19H2,1H3. The van der Waals surface area contributed by atoms with E-state index in [1.54, 1.807) is 7.11 Å². The lowest BCUT2D eigenvalue weighted by Crippen LogP contribution is -2.29. The summed E-state index contributed by atoms with van der Waals surface area (Å²) in [5, 5.41) is 6.08. The van der Waals surface area contributed by atoms with E-state index in [0.717, 1.165) is 18.2 Å². The molecule has 1 unspecified atom stereocenters. The van der Waals surface area contributed by atoms with Crippen molar-refractivity contribution in [3.05, 3.63) is 42.0 Å². The van der Waals surface area contributed by atoms with Gasteiger partial charge >= 0.3 is 0 Å². The fourth-order valence-electron chi connectivity index (χ4n) is 2.98. The van der Waals surface area contributed by atoms with Crippen molar-refractivity contribution < 1.29 is 4.74 Å². The molecular formula is C18H24N2O. The van der Waals surface area contributed by atoms with Crippen LogP contribution in [-0.4, -0.2) is 20.2 Å². The van der Waals surface area contributed by atoms with Gasteiger partial charge in [-0.1, -0.05) is 43.2 Å². The molecule has 1 saturated carbocycles. The Hall–Kier alpha value is -1.58. The van der Waals surface area contributed by atoms with Gasteiger partial charge in [0.2, 0.25) is 0 Å². The Labute approximate surface area is 126 Å². The van der Waals surface area contributed by atoms with Gasteiger partial charge in [-0.2, -0.15) is 0 Å². The summed E-state index contributed by atoms with van der Waals surface area (Å²) in [5.41, 5.74) is 7.22. The number of hydrogen-bond donors (Lipinski definition) is 2. The molecule has 21 heavy (non-hydrogen) atoms. The minimum atomic E-state index is 0.143. The zero-order valence-electron chi connectivity index (χ0n) is 12.6. The number of fused-ring (bicyclic) bond motifs is 1. The van der Waals surface area contributed by atoms with E-state index in [4.69, 9.17) is 10.5 Å². The lowest BCUT2D eigenvalue weighted by atomic mass is 9.97. The van der Waals surface area contributed by atoms with Gasteiger partial charge in [0, 0.05) is 18.2 Å². The molecular weight excluding hydrogens is 260 g/mol. The van der Waals surface area contributed by atoms with E-state index in [-0.39, 0.29) is 6.04 Å². The van der Waals surface area contributed by atoms with Gasteiger partial charge in [-0.3, -0.25) is 0 Å². The molecule has 3 heteroatoms. The minimum absolute atomic E-state index is 0.143. The molecule has 0 heterocycles. The molecule has 0 radical (unpaired) electrons. The lowest BCUT2D eigenvalue weighted by Gasteiger charge is -2.22. The van der Waals surface area contributed by atoms with Crippen molar-refractivity contribution in [2.75, 3.05) is 20.2 Å². The molecule has 0 spiro atoms. The predicted molar refractivity (Wildman–Crippen MR) is 87.6 cm³/mol. The van der Waals surface area contributed by atoms with Crippen molar-refractivity contribution in [3.8, 4) is 5.75 Å². The Morgan fingerprint density at radius 1 is 1.24 bits per heavy atom. The number of nitrogens with two attached hydrogens (primary N) is 1. The molecule has 1 aliphatic carbocycles. The first-order valence-electron chi connectivity index (χ1n) is 7.82. The van der Waals surface area contributed by atoms with Crippen molar-refractivity contribution in [1.82, 2.24) is 5.32 Å². The molecule has 2 aromatic carbocycles. The first-order chi connectivity index (χ1) is 10.3. The minimum Gasteiger partial charge on any atom is -0.496 e. The summed E-state index contributed by atoms with van der Waals surface area (Å²) in [4.78, 5) is 0. The summed E-state index contributed by atoms with van der Waals surface area (Å²) in [6, 6.07) is 12.7. The quantitative estimate of drug-likeness (QED) is 0.820. The molecule has 3 rings (SSSR count). The number of benzene rings is 2. The normalized spacial score (nSPS) is 16.1. The lowest BCUT2D eigenvalue weighted by molar-refractivity contribution is 0.400. The van der Waals surface area contributed by atoms with Crippen LogP contribution in [0.15, 0.2) is 36.4 Å². The molecule has 1 aliphatic rings. The highest BCUT2D eigenvalue weighted by atomic mass is 16.5. The van der Waals surface area contributed by atoms with Crippen LogP contribution in [0, 0.1) is 5.92 Å². The van der Waals surface area contributed by atoms with Crippen LogP contribution in [-0.2, 0) is 0 Å². The second kappa shape index (κ2) is 6.46. The number of nitrogens with one attached hydrogen (secondary N) is 1. The summed E-state index contributed by atoms with van der Waals surface area (Å²) < 4.78 is 5.58. The van der Waals surface area contributed by atoms with Crippen LogP contribution in [0.2, 0.25) is 0 Å². The van der Waals surface area contributed by atoms with Crippen molar-refractivity contribution in [1.29, 1.82) is 0 Å². The third kappa shape index (κ3) is 3.20. The Bertz CT molecular complexity index is 607. The topological polar surface area (TPSA) is 47.3 Å². The third-order valence-electron chi connectivity index (χ3n) is 4.38. The van der Waals surface area contributed by atoms with Gasteiger partial charge in [0.15, 0.2) is 0 Å². The summed E-state index contributed by atoms with van der Waals surface area (Å²) in [5.74, 6) is 1.86. The number of hydrogen-bond acceptors (Lipinski definition) is 3. The first kappa shape index (κ1) is 14.4. The predicted octanol–water partition coefficient (Wildman–Crippen LogP) is 3.24. The number of ether oxygens (including phenoxy) is 1. The van der Waals surface area contributed by atoms with Gasteiger partial charge < -0.3 is 15.8 Å². The highest BCUT2D eigenvalue weighted by Crippen LogP contribution is 2.34. The van der Waals surface area contributed by atoms with Crippen LogP contribution in [0.4, 0.5) is 0 Å². The zero-order chi connectivity index (χ0) is 14.7. The number of rotatable bonds is 7. The zero-order valence-corrected chi connectivity index (χ0v) is 12.6. The fraction of sp³-hybridized carbons (Fsp3) is 0.444. The van der Waals surface area contributed by atoms with Crippen molar-refractivity contribution in [2.45, 2.75) is 25.3 Å². The monoisotopic (exact) mass is 284 g/mol. The van der Waals surface area contributed by atoms with Crippen molar-refractivity contribution in [2.24, 2.45) is 11.7 Å². The Morgan fingerprint density at radius 2 is 2.05 bits per heavy atom. The van der Waals surface area contributed by atoms with E-state index in [1.807, 2.05) is 6.07 Å². The van der Waals surface area contributed by atoms with Crippen LogP contribution in [0.1, 0.15) is 30.9 Å². The molecule has 0 bridgehead atoms. The van der Waals surface area contributed by atoms with Crippen molar-refractivity contribution >= 4 is 10.8 Å². The average Bonchev–Trinajstić information content (AvgIpc) is 3.35. The molecule has 1 atom stereocenters. The van der Waals surface area contributed by atoms with E-state index in [2.05, 4.69) is 35.6 Å². The van der Waals surface area contributed by atoms with Gasteiger partial charge in [0.1, 0.15) is 5.75 Å². The second-order valence-electron chi connectivity index (χ2n) is 5.88. The van der Waals surface area contributed by atoms with Gasteiger partial charge in [0.05, 0.1) is 7.11 Å². The summed E-state index contributed by atoms with van der Waals surface area (Å²) in [6.07, 6.45) is 4.04. The average molecular weight is 284 g/mol. The van der Waals surface area contributed by atoms with E-state index in [0.29, 0.717) is 6.54 Å². The SMILES string of the molecule is COc1ccc2ccccc2c1C(CN)NCCC1CC1. The maximum atomic E-state index is 6.03. The van der Waals surface area contributed by atoms with E-state index < -0.39 is 0 Å². The van der Waals surface area contributed by atoms with Gasteiger partial charge in [0.25, 0.3) is 0 Å².